The van der Waals surface area contributed by atoms with Gasteiger partial charge < -0.3 is 4.42 Å². The fourth-order valence-corrected chi connectivity index (χ4v) is 12.2. The summed E-state index contributed by atoms with van der Waals surface area (Å²) in [6.45, 7) is 7.63. The lowest BCUT2D eigenvalue weighted by Gasteiger charge is -2.28. The minimum atomic E-state index is -1.76. The number of hydrogen-bond acceptors (Lipinski definition) is 1. The van der Waals surface area contributed by atoms with E-state index in [2.05, 4.69) is 170 Å². The smallest absolute Gasteiger partial charge is 0.246 e. The van der Waals surface area contributed by atoms with Gasteiger partial charge in [0.1, 0.15) is 11.1 Å². The van der Waals surface area contributed by atoms with Gasteiger partial charge in [0.15, 0.2) is 11.8 Å². The lowest BCUT2D eigenvalue weighted by molar-refractivity contribution is -0.717. The summed E-state index contributed by atoms with van der Waals surface area (Å²) in [5, 5.41) is 3.96. The van der Waals surface area contributed by atoms with Gasteiger partial charge in [0.05, 0.1) is 13.6 Å². The van der Waals surface area contributed by atoms with E-state index in [4.69, 9.17) is 4.42 Å². The molecule has 1 fully saturated rings. The average Bonchev–Trinajstić information content (AvgIpc) is 3.98. The van der Waals surface area contributed by atoms with Crippen LogP contribution in [-0.4, -0.2) is 8.07 Å². The van der Waals surface area contributed by atoms with Crippen molar-refractivity contribution in [2.45, 2.75) is 57.3 Å². The van der Waals surface area contributed by atoms with Gasteiger partial charge in [0.25, 0.3) is 0 Å². The van der Waals surface area contributed by atoms with Crippen LogP contribution in [0.2, 0.25) is 19.6 Å². The van der Waals surface area contributed by atoms with Gasteiger partial charge in [-0.05, 0) is 63.4 Å². The molecule has 2 aliphatic carbocycles. The van der Waals surface area contributed by atoms with Crippen LogP contribution in [-0.2, 0) is 12.0 Å². The van der Waals surface area contributed by atoms with Crippen LogP contribution < -0.4 is 9.75 Å². The van der Waals surface area contributed by atoms with Crippen LogP contribution in [0.15, 0.2) is 150 Å². The predicted molar refractivity (Wildman–Crippen MR) is 226 cm³/mol. The first-order valence-corrected chi connectivity index (χ1v) is 23.3. The largest absolute Gasteiger partial charge is 0.455 e. The summed E-state index contributed by atoms with van der Waals surface area (Å²) >= 11 is 0. The molecule has 3 heteroatoms. The Morgan fingerprint density at radius 1 is 0.630 bits per heavy atom. The summed E-state index contributed by atoms with van der Waals surface area (Å²) in [5.74, 6) is 0.789. The second kappa shape index (κ2) is 11.7. The van der Waals surface area contributed by atoms with Crippen LogP contribution in [0.3, 0.4) is 0 Å². The zero-order valence-corrected chi connectivity index (χ0v) is 32.3. The molecule has 6 aromatic carbocycles. The third kappa shape index (κ3) is 4.48. The van der Waals surface area contributed by atoms with Crippen LogP contribution in [0.1, 0.15) is 47.9 Å². The number of aromatic nitrogens is 1. The van der Waals surface area contributed by atoms with Crippen molar-refractivity contribution in [3.63, 3.8) is 0 Å². The fraction of sp³-hybridized carbons (Fsp3) is 0.196. The second-order valence-electron chi connectivity index (χ2n) is 17.0. The molecule has 2 aromatic heterocycles. The summed E-state index contributed by atoms with van der Waals surface area (Å²) in [4.78, 5) is 0. The topological polar surface area (TPSA) is 17.0 Å². The molecule has 1 atom stereocenters. The van der Waals surface area contributed by atoms with E-state index in [1.807, 2.05) is 0 Å². The Hall–Kier alpha value is -5.51. The van der Waals surface area contributed by atoms with Gasteiger partial charge in [-0.3, -0.25) is 0 Å². The molecule has 1 aliphatic heterocycles. The zero-order chi connectivity index (χ0) is 36.2. The van der Waals surface area contributed by atoms with E-state index in [9.17, 15) is 0 Å². The first kappa shape index (κ1) is 32.0. The van der Waals surface area contributed by atoms with E-state index in [0.717, 1.165) is 22.5 Å². The molecule has 0 radical (unpaired) electrons. The van der Waals surface area contributed by atoms with Crippen molar-refractivity contribution in [1.29, 1.82) is 0 Å². The van der Waals surface area contributed by atoms with E-state index >= 15 is 0 Å². The highest BCUT2D eigenvalue weighted by Crippen LogP contribution is 2.59. The molecule has 0 amide bonds. The van der Waals surface area contributed by atoms with Gasteiger partial charge >= 0.3 is 0 Å². The molecule has 8 aromatic rings. The first-order chi connectivity index (χ1) is 26.4. The van der Waals surface area contributed by atoms with Crippen molar-refractivity contribution in [2.75, 3.05) is 0 Å². The quantitative estimate of drug-likeness (QED) is 0.128. The van der Waals surface area contributed by atoms with Crippen LogP contribution in [0.4, 0.5) is 0 Å². The standard InChI is InChI=1S/C51H44NOSi/c1-54(2,3)47-32-43-41(29-37(47)28-33-16-10-11-17-33)38-22-12-14-24-42(38)51(43)44-31-40(35-20-8-5-9-21-35)48-39-23-13-15-25-46(39)53-50(48)49(44)45-30-36(26-27-52(45)51)34-18-6-4-7-19-34/h4-9,12-15,18-27,29-33H,10-11,16-17,28H2,1-3H3/q+1. The molecular weight excluding hydrogens is 671 g/mol. The summed E-state index contributed by atoms with van der Waals surface area (Å²) in [6.07, 6.45) is 9.04. The lowest BCUT2D eigenvalue weighted by Crippen LogP contribution is -2.55. The highest BCUT2D eigenvalue weighted by atomic mass is 28.3. The zero-order valence-electron chi connectivity index (χ0n) is 31.3. The number of fused-ring (bicyclic) bond motifs is 14. The average molecular weight is 715 g/mol. The number of pyridine rings is 1. The Bertz CT molecular complexity index is 2780. The maximum absolute atomic E-state index is 7.10. The first-order valence-electron chi connectivity index (χ1n) is 19.8. The molecule has 11 rings (SSSR count). The molecule has 0 N–H and O–H groups in total. The normalized spacial score (nSPS) is 17.3. The predicted octanol–water partition coefficient (Wildman–Crippen LogP) is 12.3. The summed E-state index contributed by atoms with van der Waals surface area (Å²) in [5.41, 5.74) is 17.0. The SMILES string of the molecule is C[Si](C)(C)c1cc2c(cc1CC1CCCC1)-c1ccccc1C21c2cc(-c3ccccc3)c3c(oc4ccccc43)c2-c2cc(-c3ccccc3)cc[n+]21. The van der Waals surface area contributed by atoms with Gasteiger partial charge in [0.2, 0.25) is 11.2 Å². The third-order valence-corrected chi connectivity index (χ3v) is 14.9. The number of para-hydroxylation sites is 1. The van der Waals surface area contributed by atoms with E-state index in [1.54, 1.807) is 10.8 Å². The molecular formula is C51H44NOSi+. The summed E-state index contributed by atoms with van der Waals surface area (Å²) < 4.78 is 9.72. The molecule has 262 valence electrons. The van der Waals surface area contributed by atoms with Gasteiger partial charge in [0, 0.05) is 34.0 Å². The third-order valence-electron chi connectivity index (χ3n) is 12.8. The molecule has 54 heavy (non-hydrogen) atoms. The Morgan fingerprint density at radius 2 is 1.33 bits per heavy atom. The molecule has 3 aliphatic rings. The van der Waals surface area contributed by atoms with Gasteiger partial charge in [-0.25, -0.2) is 0 Å². The van der Waals surface area contributed by atoms with Crippen molar-refractivity contribution >= 4 is 35.2 Å². The lowest BCUT2D eigenvalue weighted by atomic mass is 9.78. The minimum Gasteiger partial charge on any atom is -0.455 e. The van der Waals surface area contributed by atoms with Crippen LogP contribution in [0.5, 0.6) is 0 Å². The molecule has 0 saturated heterocycles. The highest BCUT2D eigenvalue weighted by Gasteiger charge is 2.60. The molecule has 1 unspecified atom stereocenters. The van der Waals surface area contributed by atoms with E-state index in [-0.39, 0.29) is 0 Å². The Labute approximate surface area is 318 Å². The van der Waals surface area contributed by atoms with E-state index in [1.165, 1.54) is 98.8 Å². The molecule has 1 saturated carbocycles. The van der Waals surface area contributed by atoms with Crippen molar-refractivity contribution in [2.24, 2.45) is 5.92 Å². The van der Waals surface area contributed by atoms with E-state index in [0.29, 0.717) is 0 Å². The van der Waals surface area contributed by atoms with Gasteiger partial charge in [-0.2, -0.15) is 4.57 Å². The van der Waals surface area contributed by atoms with Gasteiger partial charge in [-0.1, -0.05) is 166 Å². The Kier molecular flexibility index (Phi) is 6.95. The van der Waals surface area contributed by atoms with Crippen molar-refractivity contribution < 1.29 is 8.98 Å². The van der Waals surface area contributed by atoms with Crippen LogP contribution >= 0.6 is 0 Å². The van der Waals surface area contributed by atoms with Crippen LogP contribution in [0, 0.1) is 5.92 Å². The molecule has 1 spiro atoms. The number of rotatable bonds is 5. The number of nitrogens with zero attached hydrogens (tertiary/aromatic N) is 1. The molecule has 3 heterocycles. The number of benzene rings is 6. The van der Waals surface area contributed by atoms with E-state index < -0.39 is 13.6 Å². The maximum atomic E-state index is 7.10. The van der Waals surface area contributed by atoms with Crippen molar-refractivity contribution in [3.8, 4) is 44.6 Å². The maximum Gasteiger partial charge on any atom is 0.246 e. The second-order valence-corrected chi connectivity index (χ2v) is 22.0. The summed E-state index contributed by atoms with van der Waals surface area (Å²) in [7, 11) is -1.76. The Balaban J connectivity index is 1.31. The minimum absolute atomic E-state index is 0.567. The number of hydrogen-bond donors (Lipinski definition) is 0. The summed E-state index contributed by atoms with van der Waals surface area (Å²) in [6, 6.07) is 52.3. The van der Waals surface area contributed by atoms with Gasteiger partial charge in [-0.15, -0.1) is 0 Å². The fourth-order valence-electron chi connectivity index (χ4n) is 10.5. The van der Waals surface area contributed by atoms with Crippen molar-refractivity contribution in [3.05, 3.63) is 168 Å². The monoisotopic (exact) mass is 714 g/mol. The molecule has 0 bridgehead atoms. The molecule has 2 nitrogen and oxygen atoms in total. The Morgan fingerprint density at radius 3 is 2.11 bits per heavy atom. The number of furan rings is 1. The highest BCUT2D eigenvalue weighted by molar-refractivity contribution is 6.89. The van der Waals surface area contributed by atoms with Crippen LogP contribution in [0.25, 0.3) is 66.6 Å². The van der Waals surface area contributed by atoms with Crippen molar-refractivity contribution in [1.82, 2.24) is 0 Å².